The van der Waals surface area contributed by atoms with Crippen molar-refractivity contribution in [1.29, 1.82) is 0 Å². The first kappa shape index (κ1) is 18.0. The van der Waals surface area contributed by atoms with Crippen LogP contribution in [0.3, 0.4) is 0 Å². The van der Waals surface area contributed by atoms with E-state index in [0.717, 1.165) is 16.5 Å². The standard InChI is InChI=1S/C23H22N2O3/c1-15-20(16-9-5-4-6-10-16)22(27)25(14-28-15)23(2,3)21(26)19-13-17-11-7-8-12-18(17)24-19/h4-13,24H,14H2,1-3H3. The number of hydrogen-bond acceptors (Lipinski definition) is 3. The van der Waals surface area contributed by atoms with E-state index in [-0.39, 0.29) is 18.4 Å². The van der Waals surface area contributed by atoms with Crippen LogP contribution in [0.15, 0.2) is 66.4 Å². The maximum atomic E-state index is 13.3. The number of aromatic amines is 1. The normalized spacial score (nSPS) is 15.1. The fraction of sp³-hybridized carbons (Fsp3) is 0.217. The van der Waals surface area contributed by atoms with Gasteiger partial charge in [-0.15, -0.1) is 0 Å². The molecule has 142 valence electrons. The number of ether oxygens (including phenoxy) is 1. The zero-order chi connectivity index (χ0) is 19.9. The number of carbonyl (C=O) groups excluding carboxylic acids is 2. The van der Waals surface area contributed by atoms with Gasteiger partial charge < -0.3 is 9.72 Å². The van der Waals surface area contributed by atoms with E-state index in [0.29, 0.717) is 17.0 Å². The summed E-state index contributed by atoms with van der Waals surface area (Å²) in [4.78, 5) is 31.3. The Morgan fingerprint density at radius 1 is 1.07 bits per heavy atom. The SMILES string of the molecule is CC1=C(c2ccccc2)C(=O)N(C(C)(C)C(=O)c2cc3ccccc3[nH]2)CO1. The summed E-state index contributed by atoms with van der Waals surface area (Å²) in [6.07, 6.45) is 0. The molecule has 5 heteroatoms. The van der Waals surface area contributed by atoms with Crippen molar-refractivity contribution in [2.45, 2.75) is 26.3 Å². The van der Waals surface area contributed by atoms with Gasteiger partial charge in [-0.25, -0.2) is 0 Å². The number of allylic oxidation sites excluding steroid dienone is 1. The Morgan fingerprint density at radius 3 is 2.46 bits per heavy atom. The average Bonchev–Trinajstić information content (AvgIpc) is 3.12. The van der Waals surface area contributed by atoms with E-state index in [1.807, 2.05) is 60.7 Å². The lowest BCUT2D eigenvalue weighted by Gasteiger charge is -2.40. The van der Waals surface area contributed by atoms with Crippen molar-refractivity contribution in [2.24, 2.45) is 0 Å². The van der Waals surface area contributed by atoms with Crippen LogP contribution in [0.2, 0.25) is 0 Å². The highest BCUT2D eigenvalue weighted by Crippen LogP contribution is 2.32. The number of carbonyl (C=O) groups is 2. The average molecular weight is 374 g/mol. The summed E-state index contributed by atoms with van der Waals surface area (Å²) in [5.74, 6) is 0.207. The van der Waals surface area contributed by atoms with Crippen LogP contribution in [-0.2, 0) is 9.53 Å². The van der Waals surface area contributed by atoms with Crippen LogP contribution in [0.25, 0.3) is 16.5 Å². The maximum absolute atomic E-state index is 13.3. The summed E-state index contributed by atoms with van der Waals surface area (Å²) in [5.41, 5.74) is 1.57. The first-order valence-electron chi connectivity index (χ1n) is 9.23. The summed E-state index contributed by atoms with van der Waals surface area (Å²) < 4.78 is 5.78. The van der Waals surface area contributed by atoms with E-state index in [2.05, 4.69) is 4.98 Å². The van der Waals surface area contributed by atoms with Gasteiger partial charge in [-0.2, -0.15) is 0 Å². The van der Waals surface area contributed by atoms with Crippen LogP contribution < -0.4 is 0 Å². The van der Waals surface area contributed by atoms with Crippen LogP contribution in [0.4, 0.5) is 0 Å². The Labute approximate surface area is 163 Å². The van der Waals surface area contributed by atoms with Crippen molar-refractivity contribution in [1.82, 2.24) is 9.88 Å². The lowest BCUT2D eigenvalue weighted by Crippen LogP contribution is -2.55. The maximum Gasteiger partial charge on any atom is 0.261 e. The molecule has 2 heterocycles. The number of nitrogens with one attached hydrogen (secondary N) is 1. The molecule has 3 aromatic rings. The highest BCUT2D eigenvalue weighted by Gasteiger charge is 2.42. The number of amides is 1. The van der Waals surface area contributed by atoms with Gasteiger partial charge in [0.1, 0.15) is 11.3 Å². The van der Waals surface area contributed by atoms with Crippen molar-refractivity contribution in [3.05, 3.63) is 77.7 Å². The van der Waals surface area contributed by atoms with Gasteiger partial charge in [0.05, 0.1) is 11.3 Å². The number of Topliss-reactive ketones (excluding diaryl/α,β-unsaturated/α-hetero) is 1. The van der Waals surface area contributed by atoms with E-state index in [1.54, 1.807) is 20.8 Å². The van der Waals surface area contributed by atoms with Gasteiger partial charge >= 0.3 is 0 Å². The van der Waals surface area contributed by atoms with Crippen LogP contribution in [0.5, 0.6) is 0 Å². The number of H-pyrrole nitrogens is 1. The van der Waals surface area contributed by atoms with Gasteiger partial charge in [0.25, 0.3) is 5.91 Å². The third kappa shape index (κ3) is 2.89. The third-order valence-corrected chi connectivity index (χ3v) is 5.29. The number of ketones is 1. The van der Waals surface area contributed by atoms with Crippen molar-refractivity contribution < 1.29 is 14.3 Å². The Balaban J connectivity index is 1.69. The van der Waals surface area contributed by atoms with Crippen LogP contribution in [-0.4, -0.2) is 33.8 Å². The zero-order valence-corrected chi connectivity index (χ0v) is 16.2. The smallest absolute Gasteiger partial charge is 0.261 e. The van der Waals surface area contributed by atoms with Crippen molar-refractivity contribution in [3.8, 4) is 0 Å². The molecule has 1 aliphatic heterocycles. The molecule has 2 aromatic carbocycles. The quantitative estimate of drug-likeness (QED) is 0.690. The zero-order valence-electron chi connectivity index (χ0n) is 16.2. The highest BCUT2D eigenvalue weighted by molar-refractivity contribution is 6.22. The summed E-state index contributed by atoms with van der Waals surface area (Å²) in [6.45, 7) is 5.33. The number of benzene rings is 2. The Morgan fingerprint density at radius 2 is 1.75 bits per heavy atom. The number of fused-ring (bicyclic) bond motifs is 1. The second-order valence-corrected chi connectivity index (χ2v) is 7.46. The Kier molecular flexibility index (Phi) is 4.30. The number of para-hydroxylation sites is 1. The predicted octanol–water partition coefficient (Wildman–Crippen LogP) is 4.38. The fourth-order valence-electron chi connectivity index (χ4n) is 3.57. The minimum absolute atomic E-state index is 0.0416. The van der Waals surface area contributed by atoms with Gasteiger partial charge in [-0.05, 0) is 38.5 Å². The van der Waals surface area contributed by atoms with Crippen molar-refractivity contribution >= 4 is 28.2 Å². The van der Waals surface area contributed by atoms with Gasteiger partial charge in [0.15, 0.2) is 6.73 Å². The molecular weight excluding hydrogens is 352 g/mol. The molecule has 1 aliphatic rings. The molecule has 0 bridgehead atoms. The summed E-state index contributed by atoms with van der Waals surface area (Å²) in [5, 5.41) is 0.962. The topological polar surface area (TPSA) is 62.4 Å². The van der Waals surface area contributed by atoms with E-state index >= 15 is 0 Å². The molecule has 1 N–H and O–H groups in total. The molecule has 0 fully saturated rings. The molecule has 5 nitrogen and oxygen atoms in total. The van der Waals surface area contributed by atoms with E-state index in [9.17, 15) is 9.59 Å². The first-order chi connectivity index (χ1) is 13.4. The molecule has 0 spiro atoms. The summed E-state index contributed by atoms with van der Waals surface area (Å²) in [7, 11) is 0. The number of hydrogen-bond donors (Lipinski definition) is 1. The minimum Gasteiger partial charge on any atom is -0.477 e. The molecule has 4 rings (SSSR count). The van der Waals surface area contributed by atoms with Crippen molar-refractivity contribution in [2.75, 3.05) is 6.73 Å². The molecule has 0 unspecified atom stereocenters. The second kappa shape index (κ2) is 6.68. The molecule has 0 atom stereocenters. The van der Waals surface area contributed by atoms with E-state index in [4.69, 9.17) is 4.74 Å². The van der Waals surface area contributed by atoms with Crippen LogP contribution >= 0.6 is 0 Å². The van der Waals surface area contributed by atoms with Gasteiger partial charge in [0.2, 0.25) is 5.78 Å². The molecule has 0 saturated heterocycles. The highest BCUT2D eigenvalue weighted by atomic mass is 16.5. The molecule has 0 radical (unpaired) electrons. The molecule has 28 heavy (non-hydrogen) atoms. The van der Waals surface area contributed by atoms with Gasteiger partial charge in [-0.3, -0.25) is 14.5 Å². The van der Waals surface area contributed by atoms with E-state index in [1.165, 1.54) is 4.90 Å². The predicted molar refractivity (Wildman–Crippen MR) is 109 cm³/mol. The summed E-state index contributed by atoms with van der Waals surface area (Å²) in [6, 6.07) is 18.9. The number of rotatable bonds is 4. The molecule has 0 aliphatic carbocycles. The molecule has 1 amide bonds. The third-order valence-electron chi connectivity index (χ3n) is 5.29. The lowest BCUT2D eigenvalue weighted by atomic mass is 9.92. The molecule has 0 saturated carbocycles. The lowest BCUT2D eigenvalue weighted by molar-refractivity contribution is -0.136. The molecule has 1 aromatic heterocycles. The Bertz CT molecular complexity index is 1060. The monoisotopic (exact) mass is 374 g/mol. The second-order valence-electron chi connectivity index (χ2n) is 7.46. The van der Waals surface area contributed by atoms with Gasteiger partial charge in [0, 0.05) is 10.9 Å². The summed E-state index contributed by atoms with van der Waals surface area (Å²) >= 11 is 0. The van der Waals surface area contributed by atoms with Crippen LogP contribution in [0.1, 0.15) is 36.8 Å². The largest absolute Gasteiger partial charge is 0.477 e. The van der Waals surface area contributed by atoms with Crippen LogP contribution in [0, 0.1) is 0 Å². The molecular formula is C23H22N2O3. The number of aromatic nitrogens is 1. The first-order valence-corrected chi connectivity index (χ1v) is 9.23. The fourth-order valence-corrected chi connectivity index (χ4v) is 3.57. The number of nitrogens with zero attached hydrogens (tertiary/aromatic N) is 1. The van der Waals surface area contributed by atoms with Gasteiger partial charge in [-0.1, -0.05) is 48.5 Å². The van der Waals surface area contributed by atoms with Crippen molar-refractivity contribution in [3.63, 3.8) is 0 Å². The van der Waals surface area contributed by atoms with E-state index < -0.39 is 5.54 Å². The Hall–Kier alpha value is -3.34. The minimum atomic E-state index is -1.07.